The zero-order valence-corrected chi connectivity index (χ0v) is 13.3. The predicted octanol–water partition coefficient (Wildman–Crippen LogP) is 2.31. The van der Waals surface area contributed by atoms with E-state index in [4.69, 9.17) is 4.74 Å². The predicted molar refractivity (Wildman–Crippen MR) is 91.7 cm³/mol. The maximum atomic E-state index is 5.71. The van der Waals surface area contributed by atoms with Crippen molar-refractivity contribution in [1.82, 2.24) is 15.6 Å². The van der Waals surface area contributed by atoms with Crippen LogP contribution in [-0.2, 0) is 6.54 Å². The van der Waals surface area contributed by atoms with Crippen LogP contribution in [0.15, 0.2) is 53.7 Å². The Morgan fingerprint density at radius 3 is 2.91 bits per heavy atom. The van der Waals surface area contributed by atoms with Crippen molar-refractivity contribution >= 4 is 5.96 Å². The van der Waals surface area contributed by atoms with Crippen LogP contribution in [-0.4, -0.2) is 31.1 Å². The first-order valence-corrected chi connectivity index (χ1v) is 7.93. The number of para-hydroxylation sites is 1. The van der Waals surface area contributed by atoms with Crippen molar-refractivity contribution in [3.63, 3.8) is 0 Å². The summed E-state index contributed by atoms with van der Waals surface area (Å²) in [7, 11) is 1.78. The van der Waals surface area contributed by atoms with Crippen molar-refractivity contribution in [2.75, 3.05) is 20.2 Å². The van der Waals surface area contributed by atoms with E-state index in [2.05, 4.69) is 32.7 Å². The van der Waals surface area contributed by atoms with Gasteiger partial charge in [0.05, 0.1) is 18.8 Å². The molecule has 0 fully saturated rings. The highest BCUT2D eigenvalue weighted by Gasteiger charge is 2.20. The van der Waals surface area contributed by atoms with Crippen LogP contribution in [0.2, 0.25) is 0 Å². The van der Waals surface area contributed by atoms with Crippen molar-refractivity contribution in [3.8, 4) is 5.75 Å². The zero-order valence-electron chi connectivity index (χ0n) is 13.3. The van der Waals surface area contributed by atoms with Gasteiger partial charge < -0.3 is 15.4 Å². The van der Waals surface area contributed by atoms with E-state index in [0.717, 1.165) is 37.0 Å². The molecule has 1 aromatic heterocycles. The van der Waals surface area contributed by atoms with Gasteiger partial charge in [0.15, 0.2) is 5.96 Å². The third-order valence-electron chi connectivity index (χ3n) is 3.99. The number of guanidine groups is 1. The lowest BCUT2D eigenvalue weighted by molar-refractivity contribution is 0.267. The van der Waals surface area contributed by atoms with Gasteiger partial charge in [-0.2, -0.15) is 0 Å². The van der Waals surface area contributed by atoms with Gasteiger partial charge in [-0.3, -0.25) is 9.98 Å². The number of hydrogen-bond donors (Lipinski definition) is 2. The molecule has 1 aliphatic heterocycles. The third kappa shape index (κ3) is 4.00. The largest absolute Gasteiger partial charge is 0.493 e. The van der Waals surface area contributed by atoms with Crippen molar-refractivity contribution < 1.29 is 4.74 Å². The summed E-state index contributed by atoms with van der Waals surface area (Å²) < 4.78 is 5.71. The number of ether oxygens (including phenoxy) is 1. The molecule has 0 amide bonds. The van der Waals surface area contributed by atoms with Crippen LogP contribution in [0, 0.1) is 0 Å². The van der Waals surface area contributed by atoms with E-state index in [-0.39, 0.29) is 0 Å². The van der Waals surface area contributed by atoms with E-state index in [1.54, 1.807) is 13.2 Å². The minimum absolute atomic E-state index is 0.438. The average Bonchev–Trinajstić information content (AvgIpc) is 2.63. The van der Waals surface area contributed by atoms with Crippen LogP contribution in [0.5, 0.6) is 5.75 Å². The smallest absolute Gasteiger partial charge is 0.191 e. The van der Waals surface area contributed by atoms with Crippen molar-refractivity contribution in [2.45, 2.75) is 18.9 Å². The van der Waals surface area contributed by atoms with Gasteiger partial charge in [0.1, 0.15) is 5.75 Å². The third-order valence-corrected chi connectivity index (χ3v) is 3.99. The summed E-state index contributed by atoms with van der Waals surface area (Å²) in [6.07, 6.45) is 2.81. The van der Waals surface area contributed by atoms with Crippen molar-refractivity contribution in [1.29, 1.82) is 0 Å². The Balaban J connectivity index is 1.55. The fourth-order valence-corrected chi connectivity index (χ4v) is 2.75. The number of rotatable bonds is 4. The Morgan fingerprint density at radius 1 is 1.22 bits per heavy atom. The van der Waals surface area contributed by atoms with Gasteiger partial charge in [-0.25, -0.2) is 0 Å². The number of pyridine rings is 1. The minimum atomic E-state index is 0.438. The highest BCUT2D eigenvalue weighted by atomic mass is 16.5. The van der Waals surface area contributed by atoms with Crippen LogP contribution in [0.3, 0.4) is 0 Å². The van der Waals surface area contributed by atoms with Crippen molar-refractivity contribution in [3.05, 3.63) is 59.9 Å². The first-order chi connectivity index (χ1) is 11.4. The van der Waals surface area contributed by atoms with Crippen LogP contribution in [0.4, 0.5) is 0 Å². The molecule has 0 saturated heterocycles. The first-order valence-electron chi connectivity index (χ1n) is 7.93. The van der Waals surface area contributed by atoms with Crippen LogP contribution in [0.1, 0.15) is 23.6 Å². The van der Waals surface area contributed by atoms with Crippen LogP contribution < -0.4 is 15.4 Å². The number of fused-ring (bicyclic) bond motifs is 1. The highest BCUT2D eigenvalue weighted by Crippen LogP contribution is 2.32. The highest BCUT2D eigenvalue weighted by molar-refractivity contribution is 5.79. The van der Waals surface area contributed by atoms with Gasteiger partial charge in [0, 0.05) is 25.7 Å². The molecule has 3 rings (SSSR count). The van der Waals surface area contributed by atoms with Gasteiger partial charge in [-0.05, 0) is 30.2 Å². The molecule has 0 saturated carbocycles. The molecule has 2 N–H and O–H groups in total. The standard InChI is InChI=1S/C18H22N4O/c1-19-18(22-13-15-6-4-5-10-20-15)21-12-14-9-11-23-17-8-3-2-7-16(14)17/h2-8,10,14H,9,11-13H2,1H3,(H2,19,21,22). The second-order valence-electron chi connectivity index (χ2n) is 5.50. The molecular weight excluding hydrogens is 288 g/mol. The summed E-state index contributed by atoms with van der Waals surface area (Å²) in [5, 5.41) is 6.70. The quantitative estimate of drug-likeness (QED) is 0.672. The Labute approximate surface area is 136 Å². The lowest BCUT2D eigenvalue weighted by Crippen LogP contribution is -2.39. The van der Waals surface area contributed by atoms with Crippen LogP contribution >= 0.6 is 0 Å². The fraction of sp³-hybridized carbons (Fsp3) is 0.333. The maximum absolute atomic E-state index is 5.71. The van der Waals surface area contributed by atoms with E-state index in [0.29, 0.717) is 12.5 Å². The second-order valence-corrected chi connectivity index (χ2v) is 5.50. The zero-order chi connectivity index (χ0) is 15.9. The maximum Gasteiger partial charge on any atom is 0.191 e. The molecule has 1 unspecified atom stereocenters. The Kier molecular flexibility index (Phi) is 5.09. The van der Waals surface area contributed by atoms with E-state index in [9.17, 15) is 0 Å². The molecule has 0 bridgehead atoms. The van der Waals surface area contributed by atoms with E-state index >= 15 is 0 Å². The number of nitrogens with one attached hydrogen (secondary N) is 2. The van der Waals surface area contributed by atoms with Crippen molar-refractivity contribution in [2.24, 2.45) is 4.99 Å². The summed E-state index contributed by atoms with van der Waals surface area (Å²) in [6, 6.07) is 14.2. The molecule has 0 aliphatic carbocycles. The number of benzene rings is 1. The topological polar surface area (TPSA) is 58.5 Å². The molecule has 5 heteroatoms. The number of aliphatic imine (C=N–C) groups is 1. The molecule has 0 spiro atoms. The van der Waals surface area contributed by atoms with E-state index < -0.39 is 0 Å². The van der Waals surface area contributed by atoms with Gasteiger partial charge >= 0.3 is 0 Å². The van der Waals surface area contributed by atoms with Gasteiger partial charge in [0.2, 0.25) is 0 Å². The van der Waals surface area contributed by atoms with E-state index in [1.807, 2.05) is 30.3 Å². The first kappa shape index (κ1) is 15.3. The minimum Gasteiger partial charge on any atom is -0.493 e. The summed E-state index contributed by atoms with van der Waals surface area (Å²) in [5.74, 6) is 2.23. The average molecular weight is 310 g/mol. The molecular formula is C18H22N4O. The Hall–Kier alpha value is -2.56. The van der Waals surface area contributed by atoms with Gasteiger partial charge in [-0.15, -0.1) is 0 Å². The summed E-state index contributed by atoms with van der Waals surface area (Å²) in [4.78, 5) is 8.58. The number of hydrogen-bond acceptors (Lipinski definition) is 3. The molecule has 5 nitrogen and oxygen atoms in total. The molecule has 1 aliphatic rings. The Bertz CT molecular complexity index is 657. The molecule has 1 aromatic carbocycles. The summed E-state index contributed by atoms with van der Waals surface area (Å²) in [6.45, 7) is 2.26. The van der Waals surface area contributed by atoms with Gasteiger partial charge in [-0.1, -0.05) is 24.3 Å². The second kappa shape index (κ2) is 7.63. The molecule has 2 heterocycles. The molecule has 2 aromatic rings. The summed E-state index contributed by atoms with van der Waals surface area (Å²) >= 11 is 0. The number of nitrogens with zero attached hydrogens (tertiary/aromatic N) is 2. The fourth-order valence-electron chi connectivity index (χ4n) is 2.75. The molecule has 0 radical (unpaired) electrons. The SMILES string of the molecule is CN=C(NCc1ccccn1)NCC1CCOc2ccccc21. The normalized spacial score (nSPS) is 17.1. The lowest BCUT2D eigenvalue weighted by atomic mass is 9.93. The van der Waals surface area contributed by atoms with Crippen LogP contribution in [0.25, 0.3) is 0 Å². The Morgan fingerprint density at radius 2 is 2.09 bits per heavy atom. The number of aromatic nitrogens is 1. The molecule has 120 valence electrons. The monoisotopic (exact) mass is 310 g/mol. The van der Waals surface area contributed by atoms with Gasteiger partial charge in [0.25, 0.3) is 0 Å². The lowest BCUT2D eigenvalue weighted by Gasteiger charge is -2.26. The van der Waals surface area contributed by atoms with E-state index in [1.165, 1.54) is 5.56 Å². The molecule has 23 heavy (non-hydrogen) atoms. The summed E-state index contributed by atoms with van der Waals surface area (Å²) in [5.41, 5.74) is 2.26. The molecule has 1 atom stereocenters.